The largest absolute Gasteiger partial charge is 0.465 e. The molecule has 0 fully saturated rings. The summed E-state index contributed by atoms with van der Waals surface area (Å²) in [5.74, 6) is -1.32. The number of halogens is 3. The Kier molecular flexibility index (Phi) is 5.16. The van der Waals surface area contributed by atoms with Crippen molar-refractivity contribution in [3.05, 3.63) is 0 Å². The Morgan fingerprint density at radius 1 is 1.62 bits per heavy atom. The fourth-order valence-corrected chi connectivity index (χ4v) is 1.01. The summed E-state index contributed by atoms with van der Waals surface area (Å²) in [5.41, 5.74) is 0.758. The van der Waals surface area contributed by atoms with Crippen molar-refractivity contribution in [1.82, 2.24) is 0 Å². The Balaban J connectivity index is 3.74. The number of hydrogen-bond donors (Lipinski definition) is 1. The molecule has 0 amide bonds. The van der Waals surface area contributed by atoms with Gasteiger partial charge in [0.05, 0.1) is 6.61 Å². The average Bonchev–Trinajstić information content (AvgIpc) is 1.99. The van der Waals surface area contributed by atoms with Gasteiger partial charge in [-0.05, 0) is 18.7 Å². The van der Waals surface area contributed by atoms with E-state index in [1.54, 1.807) is 6.92 Å². The minimum absolute atomic E-state index is 0.114. The van der Waals surface area contributed by atoms with Crippen LogP contribution in [0.2, 0.25) is 0 Å². The van der Waals surface area contributed by atoms with Crippen LogP contribution in [-0.2, 0) is 9.53 Å². The van der Waals surface area contributed by atoms with E-state index in [1.165, 1.54) is 0 Å². The molecule has 0 radical (unpaired) electrons. The van der Waals surface area contributed by atoms with Crippen LogP contribution in [0.5, 0.6) is 0 Å². The Morgan fingerprint density at radius 3 is 2.54 bits per heavy atom. The van der Waals surface area contributed by atoms with Crippen LogP contribution in [0.15, 0.2) is 0 Å². The maximum Gasteiger partial charge on any atom is 0.441 e. The van der Waals surface area contributed by atoms with Crippen LogP contribution in [0.1, 0.15) is 6.92 Å². The lowest BCUT2D eigenvalue weighted by atomic mass is 10.4. The van der Waals surface area contributed by atoms with Gasteiger partial charge in [0, 0.05) is 5.75 Å². The summed E-state index contributed by atoms with van der Waals surface area (Å²) in [6, 6.07) is -1.22. The van der Waals surface area contributed by atoms with Gasteiger partial charge in [-0.25, -0.2) is 0 Å². The molecule has 0 aliphatic rings. The predicted molar refractivity (Wildman–Crippen MR) is 43.1 cm³/mol. The summed E-state index contributed by atoms with van der Waals surface area (Å²) < 4.78 is 39.3. The second kappa shape index (κ2) is 5.33. The Bertz CT molecular complexity index is 174. The van der Waals surface area contributed by atoms with Gasteiger partial charge in [-0.1, -0.05) is 0 Å². The molecule has 0 saturated heterocycles. The molecule has 0 unspecified atom stereocenters. The summed E-state index contributed by atoms with van der Waals surface area (Å²) in [5, 5.41) is 0. The molecule has 0 aliphatic carbocycles. The average molecular weight is 217 g/mol. The Morgan fingerprint density at radius 2 is 2.15 bits per heavy atom. The zero-order valence-corrected chi connectivity index (χ0v) is 7.74. The summed E-state index contributed by atoms with van der Waals surface area (Å²) in [7, 11) is 0. The zero-order chi connectivity index (χ0) is 10.5. The first kappa shape index (κ1) is 12.6. The van der Waals surface area contributed by atoms with Gasteiger partial charge in [0.25, 0.3) is 0 Å². The van der Waals surface area contributed by atoms with Crippen molar-refractivity contribution >= 4 is 17.7 Å². The van der Waals surface area contributed by atoms with Crippen LogP contribution >= 0.6 is 11.8 Å². The molecule has 0 aromatic rings. The molecule has 0 saturated carbocycles. The van der Waals surface area contributed by atoms with Gasteiger partial charge in [-0.3, -0.25) is 4.79 Å². The van der Waals surface area contributed by atoms with E-state index in [1.807, 2.05) is 0 Å². The number of hydrogen-bond acceptors (Lipinski definition) is 4. The van der Waals surface area contributed by atoms with Crippen LogP contribution < -0.4 is 5.73 Å². The van der Waals surface area contributed by atoms with Crippen molar-refractivity contribution in [2.45, 2.75) is 18.5 Å². The summed E-state index contributed by atoms with van der Waals surface area (Å²) in [6.07, 6.45) is 0. The number of nitrogens with two attached hydrogens (primary N) is 1. The monoisotopic (exact) mass is 217 g/mol. The maximum absolute atomic E-state index is 11.6. The Labute approximate surface area is 77.8 Å². The normalized spacial score (nSPS) is 13.9. The van der Waals surface area contributed by atoms with Crippen LogP contribution in [0, 0.1) is 0 Å². The number of thioether (sulfide) groups is 1. The maximum atomic E-state index is 11.6. The van der Waals surface area contributed by atoms with Crippen molar-refractivity contribution in [3.63, 3.8) is 0 Å². The number of carbonyl (C=O) groups is 1. The van der Waals surface area contributed by atoms with Gasteiger partial charge in [-0.15, -0.1) is 0 Å². The molecule has 1 atom stereocenters. The third-order valence-corrected chi connectivity index (χ3v) is 1.87. The van der Waals surface area contributed by atoms with Gasteiger partial charge in [0.15, 0.2) is 0 Å². The molecular formula is C6H10F3NO2S. The highest BCUT2D eigenvalue weighted by Crippen LogP contribution is 2.30. The predicted octanol–water partition coefficient (Wildman–Crippen LogP) is 1.13. The number of rotatable bonds is 4. The molecule has 2 N–H and O–H groups in total. The summed E-state index contributed by atoms with van der Waals surface area (Å²) >= 11 is -0.330. The number of carbonyl (C=O) groups excluding carboxylic acids is 1. The molecule has 0 aliphatic heterocycles. The van der Waals surface area contributed by atoms with E-state index in [0.717, 1.165) is 0 Å². The van der Waals surface area contributed by atoms with E-state index in [4.69, 9.17) is 5.73 Å². The van der Waals surface area contributed by atoms with Crippen LogP contribution in [-0.4, -0.2) is 29.9 Å². The first-order chi connectivity index (χ1) is 5.87. The second-order valence-corrected chi connectivity index (χ2v) is 3.20. The molecule has 0 aromatic carbocycles. The molecule has 0 rings (SSSR count). The fourth-order valence-electron chi connectivity index (χ4n) is 0.502. The van der Waals surface area contributed by atoms with Gasteiger partial charge in [0.1, 0.15) is 6.04 Å². The molecule has 7 heteroatoms. The smallest absolute Gasteiger partial charge is 0.441 e. The van der Waals surface area contributed by atoms with E-state index in [9.17, 15) is 18.0 Å². The van der Waals surface area contributed by atoms with E-state index in [-0.39, 0.29) is 18.4 Å². The first-order valence-electron chi connectivity index (χ1n) is 3.49. The first-order valence-corrected chi connectivity index (χ1v) is 4.48. The third-order valence-electron chi connectivity index (χ3n) is 1.02. The van der Waals surface area contributed by atoms with Crippen LogP contribution in [0.25, 0.3) is 0 Å². The standard InChI is InChI=1S/C6H10F3NO2S/c1-2-12-5(11)4(10)3-13-6(7,8)9/h4H,2-3,10H2,1H3/t4-/m1/s1. The van der Waals surface area contributed by atoms with Crippen molar-refractivity contribution in [2.75, 3.05) is 12.4 Å². The minimum Gasteiger partial charge on any atom is -0.465 e. The van der Waals surface area contributed by atoms with Gasteiger partial charge in [-0.2, -0.15) is 13.2 Å². The lowest BCUT2D eigenvalue weighted by Crippen LogP contribution is -2.35. The molecule has 13 heavy (non-hydrogen) atoms. The van der Waals surface area contributed by atoms with E-state index >= 15 is 0 Å². The lowest BCUT2D eigenvalue weighted by Gasteiger charge is -2.11. The Hall–Kier alpha value is -0.430. The molecule has 0 bridgehead atoms. The van der Waals surface area contributed by atoms with Crippen LogP contribution in [0.4, 0.5) is 13.2 Å². The minimum atomic E-state index is -4.36. The quantitative estimate of drug-likeness (QED) is 0.717. The molecule has 0 spiro atoms. The number of ether oxygens (including phenoxy) is 1. The molecule has 0 aromatic heterocycles. The van der Waals surface area contributed by atoms with Gasteiger partial charge >= 0.3 is 11.5 Å². The molecule has 3 nitrogen and oxygen atoms in total. The zero-order valence-electron chi connectivity index (χ0n) is 6.93. The molecule has 0 heterocycles. The summed E-state index contributed by atoms with van der Waals surface area (Å²) in [6.45, 7) is 1.67. The van der Waals surface area contributed by atoms with Crippen molar-refractivity contribution in [3.8, 4) is 0 Å². The van der Waals surface area contributed by atoms with Crippen LogP contribution in [0.3, 0.4) is 0 Å². The number of alkyl halides is 3. The van der Waals surface area contributed by atoms with Crippen molar-refractivity contribution in [1.29, 1.82) is 0 Å². The SMILES string of the molecule is CCOC(=O)[C@H](N)CSC(F)(F)F. The molecule has 78 valence electrons. The van der Waals surface area contributed by atoms with Gasteiger partial charge < -0.3 is 10.5 Å². The van der Waals surface area contributed by atoms with E-state index in [2.05, 4.69) is 4.74 Å². The van der Waals surface area contributed by atoms with Crippen molar-refractivity contribution < 1.29 is 22.7 Å². The summed E-state index contributed by atoms with van der Waals surface area (Å²) in [4.78, 5) is 10.7. The third kappa shape index (κ3) is 6.71. The number of esters is 1. The fraction of sp³-hybridized carbons (Fsp3) is 0.833. The highest BCUT2D eigenvalue weighted by Gasteiger charge is 2.30. The van der Waals surface area contributed by atoms with E-state index < -0.39 is 23.3 Å². The molecular weight excluding hydrogens is 207 g/mol. The highest BCUT2D eigenvalue weighted by atomic mass is 32.2. The highest BCUT2D eigenvalue weighted by molar-refractivity contribution is 8.00. The van der Waals surface area contributed by atoms with Crippen molar-refractivity contribution in [2.24, 2.45) is 5.73 Å². The van der Waals surface area contributed by atoms with Gasteiger partial charge in [0.2, 0.25) is 0 Å². The topological polar surface area (TPSA) is 52.3 Å². The second-order valence-electron chi connectivity index (χ2n) is 2.12. The lowest BCUT2D eigenvalue weighted by molar-refractivity contribution is -0.144. The van der Waals surface area contributed by atoms with E-state index in [0.29, 0.717) is 0 Å².